The van der Waals surface area contributed by atoms with Gasteiger partial charge in [-0.1, -0.05) is 23.2 Å². The number of carbonyl (C=O) groups excluding carboxylic acids is 1. The first kappa shape index (κ1) is 20.7. The first-order valence-electron chi connectivity index (χ1n) is 8.67. The second-order valence-electron chi connectivity index (χ2n) is 6.67. The third-order valence-corrected chi connectivity index (χ3v) is 5.40. The number of hydrogen-bond acceptors (Lipinski definition) is 3. The van der Waals surface area contributed by atoms with Gasteiger partial charge in [-0.2, -0.15) is 13.2 Å². The number of piperidine rings is 1. The van der Waals surface area contributed by atoms with Crippen LogP contribution in [0.25, 0.3) is 0 Å². The summed E-state index contributed by atoms with van der Waals surface area (Å²) in [6, 6.07) is 7.62. The lowest BCUT2D eigenvalue weighted by atomic mass is 10.0. The highest BCUT2D eigenvalue weighted by Crippen LogP contribution is 2.34. The minimum absolute atomic E-state index is 0.0210. The van der Waals surface area contributed by atoms with E-state index in [-0.39, 0.29) is 17.0 Å². The first-order valence-corrected chi connectivity index (χ1v) is 9.43. The third-order valence-electron chi connectivity index (χ3n) is 4.87. The Balaban J connectivity index is 1.64. The standard InChI is InChI=1S/C19H18Cl2F3N3O/c1-26(18(28)12-2-4-14(20)5-3-12)15-6-8-27(9-7-15)17-16(21)10-13(11-25-17)19(22,23)24/h2-5,10-11,15H,6-9H2,1H3. The number of nitrogens with zero attached hydrogens (tertiary/aromatic N) is 3. The second-order valence-corrected chi connectivity index (χ2v) is 7.51. The molecule has 1 aliphatic rings. The lowest BCUT2D eigenvalue weighted by Gasteiger charge is -2.37. The molecule has 0 bridgehead atoms. The summed E-state index contributed by atoms with van der Waals surface area (Å²) in [6.07, 6.45) is -2.36. The van der Waals surface area contributed by atoms with Crippen LogP contribution in [0.15, 0.2) is 36.5 Å². The number of hydrogen-bond donors (Lipinski definition) is 0. The van der Waals surface area contributed by atoms with Crippen LogP contribution in [0.5, 0.6) is 0 Å². The zero-order valence-corrected chi connectivity index (χ0v) is 16.5. The predicted octanol–water partition coefficient (Wildman–Crippen LogP) is 5.15. The molecular formula is C19H18Cl2F3N3O. The fourth-order valence-electron chi connectivity index (χ4n) is 3.25. The highest BCUT2D eigenvalue weighted by molar-refractivity contribution is 6.33. The van der Waals surface area contributed by atoms with Crippen molar-refractivity contribution < 1.29 is 18.0 Å². The van der Waals surface area contributed by atoms with Gasteiger partial charge in [0.05, 0.1) is 10.6 Å². The Kier molecular flexibility index (Phi) is 6.05. The molecule has 1 aromatic heterocycles. The summed E-state index contributed by atoms with van der Waals surface area (Å²) < 4.78 is 38.3. The van der Waals surface area contributed by atoms with Gasteiger partial charge in [-0.3, -0.25) is 4.79 Å². The average molecular weight is 432 g/mol. The number of carbonyl (C=O) groups is 1. The average Bonchev–Trinajstić information content (AvgIpc) is 2.67. The molecule has 9 heteroatoms. The van der Waals surface area contributed by atoms with Crippen molar-refractivity contribution in [3.8, 4) is 0 Å². The van der Waals surface area contributed by atoms with E-state index in [4.69, 9.17) is 23.2 Å². The molecule has 0 saturated carbocycles. The van der Waals surface area contributed by atoms with Crippen molar-refractivity contribution in [3.05, 3.63) is 57.7 Å². The zero-order valence-electron chi connectivity index (χ0n) is 15.0. The molecule has 150 valence electrons. The molecule has 1 amide bonds. The molecule has 0 aliphatic carbocycles. The molecule has 28 heavy (non-hydrogen) atoms. The predicted molar refractivity (Wildman–Crippen MR) is 103 cm³/mol. The van der Waals surface area contributed by atoms with Crippen molar-refractivity contribution in [2.24, 2.45) is 0 Å². The van der Waals surface area contributed by atoms with E-state index in [9.17, 15) is 18.0 Å². The van der Waals surface area contributed by atoms with Crippen molar-refractivity contribution in [3.63, 3.8) is 0 Å². The lowest BCUT2D eigenvalue weighted by molar-refractivity contribution is -0.137. The van der Waals surface area contributed by atoms with Crippen LogP contribution < -0.4 is 4.90 Å². The number of aromatic nitrogens is 1. The van der Waals surface area contributed by atoms with Gasteiger partial charge in [0, 0.05) is 43.0 Å². The van der Waals surface area contributed by atoms with Crippen LogP contribution >= 0.6 is 23.2 Å². The molecule has 2 heterocycles. The second kappa shape index (κ2) is 8.17. The van der Waals surface area contributed by atoms with Gasteiger partial charge in [-0.05, 0) is 43.2 Å². The number of anilines is 1. The van der Waals surface area contributed by atoms with Crippen LogP contribution in [0.1, 0.15) is 28.8 Å². The van der Waals surface area contributed by atoms with Crippen molar-refractivity contribution in [2.45, 2.75) is 25.1 Å². The molecule has 0 radical (unpaired) electrons. The van der Waals surface area contributed by atoms with E-state index in [0.717, 1.165) is 12.3 Å². The quantitative estimate of drug-likeness (QED) is 0.674. The molecule has 1 saturated heterocycles. The lowest BCUT2D eigenvalue weighted by Crippen LogP contribution is -2.46. The molecule has 1 aromatic carbocycles. The Bertz CT molecular complexity index is 850. The Morgan fingerprint density at radius 1 is 1.18 bits per heavy atom. The van der Waals surface area contributed by atoms with E-state index in [1.165, 1.54) is 0 Å². The number of amides is 1. The highest BCUT2D eigenvalue weighted by atomic mass is 35.5. The van der Waals surface area contributed by atoms with Gasteiger partial charge in [-0.25, -0.2) is 4.98 Å². The fraction of sp³-hybridized carbons (Fsp3) is 0.368. The van der Waals surface area contributed by atoms with E-state index < -0.39 is 11.7 Å². The summed E-state index contributed by atoms with van der Waals surface area (Å²) in [5.74, 6) is 0.237. The summed E-state index contributed by atoms with van der Waals surface area (Å²) in [6.45, 7) is 1.09. The molecule has 0 unspecified atom stereocenters. The van der Waals surface area contributed by atoms with Crippen LogP contribution in [-0.2, 0) is 6.18 Å². The summed E-state index contributed by atoms with van der Waals surface area (Å²) in [5, 5.41) is 0.535. The maximum absolute atomic E-state index is 12.8. The highest BCUT2D eigenvalue weighted by Gasteiger charge is 2.33. The van der Waals surface area contributed by atoms with Crippen LogP contribution in [0.2, 0.25) is 10.0 Å². The molecule has 1 aliphatic heterocycles. The normalized spacial score (nSPS) is 15.6. The van der Waals surface area contributed by atoms with Gasteiger partial charge in [-0.15, -0.1) is 0 Å². The Morgan fingerprint density at radius 3 is 2.32 bits per heavy atom. The van der Waals surface area contributed by atoms with E-state index in [2.05, 4.69) is 4.98 Å². The summed E-state index contributed by atoms with van der Waals surface area (Å²) in [4.78, 5) is 20.1. The Hall–Kier alpha value is -1.99. The van der Waals surface area contributed by atoms with Gasteiger partial charge in [0.25, 0.3) is 5.91 Å². The molecule has 3 rings (SSSR count). The van der Waals surface area contributed by atoms with Gasteiger partial charge < -0.3 is 9.80 Å². The third kappa shape index (κ3) is 4.52. The smallest absolute Gasteiger partial charge is 0.355 e. The van der Waals surface area contributed by atoms with E-state index in [1.54, 1.807) is 36.2 Å². The maximum Gasteiger partial charge on any atom is 0.417 e. The molecule has 0 N–H and O–H groups in total. The van der Waals surface area contributed by atoms with E-state index in [1.807, 2.05) is 4.90 Å². The topological polar surface area (TPSA) is 36.4 Å². The number of alkyl halides is 3. The molecule has 1 fully saturated rings. The van der Waals surface area contributed by atoms with Crippen LogP contribution in [0, 0.1) is 0 Å². The number of pyridine rings is 1. The van der Waals surface area contributed by atoms with Crippen LogP contribution in [0.3, 0.4) is 0 Å². The minimum Gasteiger partial charge on any atom is -0.355 e. The van der Waals surface area contributed by atoms with Crippen molar-refractivity contribution in [2.75, 3.05) is 25.0 Å². The van der Waals surface area contributed by atoms with E-state index in [0.29, 0.717) is 42.3 Å². The Morgan fingerprint density at radius 2 is 1.79 bits per heavy atom. The van der Waals surface area contributed by atoms with Crippen molar-refractivity contribution in [1.29, 1.82) is 0 Å². The summed E-state index contributed by atoms with van der Waals surface area (Å²) in [7, 11) is 1.75. The van der Waals surface area contributed by atoms with Crippen LogP contribution in [-0.4, -0.2) is 42.0 Å². The molecular weight excluding hydrogens is 414 g/mol. The SMILES string of the molecule is CN(C(=O)c1ccc(Cl)cc1)C1CCN(c2ncc(C(F)(F)F)cc2Cl)CC1. The van der Waals surface area contributed by atoms with Crippen LogP contribution in [0.4, 0.5) is 19.0 Å². The number of halogens is 5. The van der Waals surface area contributed by atoms with Gasteiger partial charge in [0.15, 0.2) is 0 Å². The maximum atomic E-state index is 12.8. The number of rotatable bonds is 3. The minimum atomic E-state index is -4.48. The molecule has 0 spiro atoms. The van der Waals surface area contributed by atoms with Gasteiger partial charge in [0.1, 0.15) is 5.82 Å². The number of benzene rings is 1. The van der Waals surface area contributed by atoms with Crippen molar-refractivity contribution >= 4 is 34.9 Å². The van der Waals surface area contributed by atoms with Crippen molar-refractivity contribution in [1.82, 2.24) is 9.88 Å². The van der Waals surface area contributed by atoms with Gasteiger partial charge >= 0.3 is 6.18 Å². The molecule has 0 atom stereocenters. The Labute approximate surface area is 170 Å². The monoisotopic (exact) mass is 431 g/mol. The largest absolute Gasteiger partial charge is 0.417 e. The molecule has 2 aromatic rings. The zero-order chi connectivity index (χ0) is 20.5. The summed E-state index contributed by atoms with van der Waals surface area (Å²) in [5.41, 5.74) is -0.314. The van der Waals surface area contributed by atoms with Gasteiger partial charge in [0.2, 0.25) is 0 Å². The molecule has 4 nitrogen and oxygen atoms in total. The fourth-order valence-corrected chi connectivity index (χ4v) is 3.66. The van der Waals surface area contributed by atoms with E-state index >= 15 is 0 Å². The first-order chi connectivity index (χ1) is 13.2. The summed E-state index contributed by atoms with van der Waals surface area (Å²) >= 11 is 11.9.